The number of rotatable bonds is 4. The third kappa shape index (κ3) is 3.97. The minimum absolute atomic E-state index is 0.0768. The summed E-state index contributed by atoms with van der Waals surface area (Å²) in [5, 5.41) is 8.40. The second-order valence-corrected chi connectivity index (χ2v) is 9.67. The van der Waals surface area contributed by atoms with Gasteiger partial charge < -0.3 is 4.42 Å². The Hall–Kier alpha value is -2.51. The lowest BCUT2D eigenvalue weighted by Crippen LogP contribution is -2.38. The van der Waals surface area contributed by atoms with Crippen molar-refractivity contribution >= 4 is 10.0 Å². The molecule has 1 aliphatic rings. The molecule has 1 saturated heterocycles. The standard InChI is InChI=1S/C22H25N3O3S/c1-15-4-7-18(8-5-15)21-23-24-22(28-21)19-10-12-25(13-11-19)29(26,27)20-9-6-16(2)17(3)14-20/h4-9,14,19H,10-13H2,1-3H3. The van der Waals surface area contributed by atoms with E-state index in [0.29, 0.717) is 42.6 Å². The van der Waals surface area contributed by atoms with E-state index in [4.69, 9.17) is 4.42 Å². The van der Waals surface area contributed by atoms with Crippen molar-refractivity contribution in [3.63, 3.8) is 0 Å². The van der Waals surface area contributed by atoms with Gasteiger partial charge >= 0.3 is 0 Å². The molecule has 0 N–H and O–H groups in total. The number of aromatic nitrogens is 2. The third-order valence-corrected chi connectivity index (χ3v) is 7.55. The van der Waals surface area contributed by atoms with Crippen LogP contribution in [0.3, 0.4) is 0 Å². The largest absolute Gasteiger partial charge is 0.420 e. The Kier molecular flexibility index (Phi) is 5.27. The number of sulfonamides is 1. The van der Waals surface area contributed by atoms with Crippen LogP contribution < -0.4 is 0 Å². The molecule has 1 aromatic heterocycles. The number of hydrogen-bond donors (Lipinski definition) is 0. The monoisotopic (exact) mass is 411 g/mol. The zero-order valence-corrected chi connectivity index (χ0v) is 17.7. The van der Waals surface area contributed by atoms with Crippen molar-refractivity contribution in [1.29, 1.82) is 0 Å². The van der Waals surface area contributed by atoms with Crippen LogP contribution in [-0.4, -0.2) is 36.0 Å². The smallest absolute Gasteiger partial charge is 0.247 e. The Morgan fingerprint density at radius 1 is 0.931 bits per heavy atom. The van der Waals surface area contributed by atoms with Crippen LogP contribution in [0.25, 0.3) is 11.5 Å². The van der Waals surface area contributed by atoms with Crippen molar-refractivity contribution in [3.05, 3.63) is 65.0 Å². The van der Waals surface area contributed by atoms with Crippen molar-refractivity contribution in [3.8, 4) is 11.5 Å². The number of nitrogens with zero attached hydrogens (tertiary/aromatic N) is 3. The molecule has 7 heteroatoms. The lowest BCUT2D eigenvalue weighted by atomic mass is 9.98. The number of aryl methyl sites for hydroxylation is 3. The van der Waals surface area contributed by atoms with Gasteiger partial charge in [-0.25, -0.2) is 8.42 Å². The fraction of sp³-hybridized carbons (Fsp3) is 0.364. The van der Waals surface area contributed by atoms with Crippen LogP contribution in [0.1, 0.15) is 41.3 Å². The summed E-state index contributed by atoms with van der Waals surface area (Å²) < 4.78 is 33.4. The predicted octanol–water partition coefficient (Wildman–Crippen LogP) is 4.23. The highest BCUT2D eigenvalue weighted by Crippen LogP contribution is 2.32. The highest BCUT2D eigenvalue weighted by atomic mass is 32.2. The number of piperidine rings is 1. The van der Waals surface area contributed by atoms with Crippen LogP contribution in [0.2, 0.25) is 0 Å². The van der Waals surface area contributed by atoms with E-state index in [2.05, 4.69) is 10.2 Å². The molecule has 29 heavy (non-hydrogen) atoms. The Morgan fingerprint density at radius 3 is 2.28 bits per heavy atom. The van der Waals surface area contributed by atoms with Crippen molar-refractivity contribution < 1.29 is 12.8 Å². The highest BCUT2D eigenvalue weighted by molar-refractivity contribution is 7.89. The van der Waals surface area contributed by atoms with E-state index < -0.39 is 10.0 Å². The molecule has 0 bridgehead atoms. The molecule has 4 rings (SSSR count). The Bertz CT molecular complexity index is 1110. The highest BCUT2D eigenvalue weighted by Gasteiger charge is 2.32. The van der Waals surface area contributed by atoms with Gasteiger partial charge in [-0.15, -0.1) is 10.2 Å². The summed E-state index contributed by atoms with van der Waals surface area (Å²) in [4.78, 5) is 0.360. The normalized spacial score (nSPS) is 16.2. The summed E-state index contributed by atoms with van der Waals surface area (Å²) in [6.45, 7) is 6.83. The molecule has 0 saturated carbocycles. The molecule has 6 nitrogen and oxygen atoms in total. The van der Waals surface area contributed by atoms with Crippen molar-refractivity contribution in [2.24, 2.45) is 0 Å². The van der Waals surface area contributed by atoms with Gasteiger partial charge in [-0.2, -0.15) is 4.31 Å². The second kappa shape index (κ2) is 7.72. The first-order chi connectivity index (χ1) is 13.8. The lowest BCUT2D eigenvalue weighted by Gasteiger charge is -2.29. The van der Waals surface area contributed by atoms with Gasteiger partial charge in [0.05, 0.1) is 4.90 Å². The predicted molar refractivity (Wildman–Crippen MR) is 111 cm³/mol. The van der Waals surface area contributed by atoms with E-state index in [1.165, 1.54) is 5.56 Å². The van der Waals surface area contributed by atoms with Gasteiger partial charge in [0, 0.05) is 24.6 Å². The Labute approximate surface area is 171 Å². The molecule has 0 atom stereocenters. The molecule has 2 heterocycles. The fourth-order valence-corrected chi connectivity index (χ4v) is 5.13. The minimum atomic E-state index is -3.48. The Morgan fingerprint density at radius 2 is 1.62 bits per heavy atom. The molecule has 2 aromatic carbocycles. The van der Waals surface area contributed by atoms with E-state index in [-0.39, 0.29) is 5.92 Å². The SMILES string of the molecule is Cc1ccc(-c2nnc(C3CCN(S(=O)(=O)c4ccc(C)c(C)c4)CC3)o2)cc1. The molecule has 152 valence electrons. The van der Waals surface area contributed by atoms with Gasteiger partial charge in [-0.05, 0) is 69.0 Å². The first kappa shape index (κ1) is 19.8. The molecule has 1 aliphatic heterocycles. The molecule has 0 unspecified atom stereocenters. The minimum Gasteiger partial charge on any atom is -0.420 e. The maximum absolute atomic E-state index is 13.0. The Balaban J connectivity index is 1.45. The fourth-order valence-electron chi connectivity index (χ4n) is 3.58. The summed E-state index contributed by atoms with van der Waals surface area (Å²) in [6.07, 6.45) is 1.33. The maximum Gasteiger partial charge on any atom is 0.247 e. The van der Waals surface area contributed by atoms with Crippen molar-refractivity contribution in [2.45, 2.75) is 44.4 Å². The van der Waals surface area contributed by atoms with Gasteiger partial charge in [0.1, 0.15) is 0 Å². The molecule has 0 aliphatic carbocycles. The lowest BCUT2D eigenvalue weighted by molar-refractivity contribution is 0.291. The van der Waals surface area contributed by atoms with Gasteiger partial charge in [0.25, 0.3) is 0 Å². The summed E-state index contributed by atoms with van der Waals surface area (Å²) in [6, 6.07) is 13.2. The average molecular weight is 412 g/mol. The van der Waals surface area contributed by atoms with Crippen LogP contribution in [-0.2, 0) is 10.0 Å². The molecular formula is C22H25N3O3S. The summed E-state index contributed by atoms with van der Waals surface area (Å²) in [5.41, 5.74) is 4.13. The molecule has 0 spiro atoms. The van der Waals surface area contributed by atoms with E-state index >= 15 is 0 Å². The molecule has 1 fully saturated rings. The number of benzene rings is 2. The van der Waals surface area contributed by atoms with E-state index in [1.54, 1.807) is 16.4 Å². The van der Waals surface area contributed by atoms with Crippen molar-refractivity contribution in [2.75, 3.05) is 13.1 Å². The van der Waals surface area contributed by atoms with Gasteiger partial charge in [0.2, 0.25) is 21.8 Å². The van der Waals surface area contributed by atoms with E-state index in [1.807, 2.05) is 51.1 Å². The summed E-state index contributed by atoms with van der Waals surface area (Å²) in [7, 11) is -3.48. The molecule has 3 aromatic rings. The van der Waals surface area contributed by atoms with Gasteiger partial charge in [-0.3, -0.25) is 0 Å². The van der Waals surface area contributed by atoms with Crippen LogP contribution in [0.5, 0.6) is 0 Å². The topological polar surface area (TPSA) is 76.3 Å². The zero-order chi connectivity index (χ0) is 20.6. The van der Waals surface area contributed by atoms with Gasteiger partial charge in [-0.1, -0.05) is 23.8 Å². The zero-order valence-electron chi connectivity index (χ0n) is 16.9. The van der Waals surface area contributed by atoms with Crippen molar-refractivity contribution in [1.82, 2.24) is 14.5 Å². The van der Waals surface area contributed by atoms with Gasteiger partial charge in [0.15, 0.2) is 0 Å². The molecular weight excluding hydrogens is 386 g/mol. The van der Waals surface area contributed by atoms with Crippen LogP contribution in [0.4, 0.5) is 0 Å². The van der Waals surface area contributed by atoms with Crippen LogP contribution in [0.15, 0.2) is 51.8 Å². The van der Waals surface area contributed by atoms with Crippen LogP contribution in [0, 0.1) is 20.8 Å². The first-order valence-corrected chi connectivity index (χ1v) is 11.3. The third-order valence-electron chi connectivity index (χ3n) is 5.66. The first-order valence-electron chi connectivity index (χ1n) is 9.82. The van der Waals surface area contributed by atoms with E-state index in [0.717, 1.165) is 16.7 Å². The number of hydrogen-bond acceptors (Lipinski definition) is 5. The second-order valence-electron chi connectivity index (χ2n) is 7.74. The average Bonchev–Trinajstić information content (AvgIpc) is 3.21. The summed E-state index contributed by atoms with van der Waals surface area (Å²) in [5.74, 6) is 1.17. The quantitative estimate of drug-likeness (QED) is 0.642. The van der Waals surface area contributed by atoms with E-state index in [9.17, 15) is 8.42 Å². The maximum atomic E-state index is 13.0. The van der Waals surface area contributed by atoms with Crippen LogP contribution >= 0.6 is 0 Å². The summed E-state index contributed by atoms with van der Waals surface area (Å²) >= 11 is 0. The molecule has 0 amide bonds. The molecule has 0 radical (unpaired) electrons.